The van der Waals surface area contributed by atoms with Crippen molar-refractivity contribution in [2.75, 3.05) is 33.1 Å². The van der Waals surface area contributed by atoms with E-state index in [-0.39, 0.29) is 30.9 Å². The van der Waals surface area contributed by atoms with Crippen LogP contribution in [-0.4, -0.2) is 59.9 Å². The van der Waals surface area contributed by atoms with Crippen molar-refractivity contribution in [2.45, 2.75) is 25.1 Å². The average molecular weight is 342 g/mol. The number of hydrogen-bond acceptors (Lipinski definition) is 7. The molecule has 2 amide bonds. The fourth-order valence-electron chi connectivity index (χ4n) is 2.49. The number of methoxy groups -OCH3 is 1. The van der Waals surface area contributed by atoms with Crippen molar-refractivity contribution < 1.29 is 18.8 Å². The van der Waals surface area contributed by atoms with Crippen molar-refractivity contribution in [1.29, 1.82) is 0 Å². The van der Waals surface area contributed by atoms with Crippen LogP contribution < -0.4 is 5.32 Å². The summed E-state index contributed by atoms with van der Waals surface area (Å²) in [5.41, 5.74) is 0. The van der Waals surface area contributed by atoms with Crippen LogP contribution in [0.25, 0.3) is 0 Å². The van der Waals surface area contributed by atoms with E-state index in [0.717, 1.165) is 12.8 Å². The van der Waals surface area contributed by atoms with E-state index in [1.165, 1.54) is 7.11 Å². The first-order chi connectivity index (χ1) is 11.1. The van der Waals surface area contributed by atoms with Gasteiger partial charge in [0.05, 0.1) is 18.2 Å². The van der Waals surface area contributed by atoms with Crippen LogP contribution in [0.1, 0.15) is 24.6 Å². The second-order valence-corrected chi connectivity index (χ2v) is 6.23. The Hall–Kier alpha value is -1.61. The lowest BCUT2D eigenvalue weighted by Gasteiger charge is -2.31. The van der Waals surface area contributed by atoms with Crippen LogP contribution in [0.3, 0.4) is 0 Å². The van der Waals surface area contributed by atoms with Gasteiger partial charge in [0.25, 0.3) is 0 Å². The second-order valence-electron chi connectivity index (χ2n) is 5.37. The molecule has 9 heteroatoms. The monoisotopic (exact) mass is 342 g/mol. The highest BCUT2D eigenvalue weighted by molar-refractivity contribution is 7.97. The molecule has 8 nitrogen and oxygen atoms in total. The first kappa shape index (κ1) is 17.7. The van der Waals surface area contributed by atoms with E-state index in [1.54, 1.807) is 16.7 Å². The van der Waals surface area contributed by atoms with E-state index in [2.05, 4.69) is 15.5 Å². The quantitative estimate of drug-likeness (QED) is 0.767. The molecule has 1 aliphatic rings. The first-order valence-electron chi connectivity index (χ1n) is 7.49. The third-order valence-electron chi connectivity index (χ3n) is 3.61. The van der Waals surface area contributed by atoms with Gasteiger partial charge in [0.2, 0.25) is 17.7 Å². The Labute approximate surface area is 139 Å². The number of aromatic nitrogens is 2. The summed E-state index contributed by atoms with van der Waals surface area (Å²) in [7, 11) is 1.49. The zero-order valence-electron chi connectivity index (χ0n) is 13.4. The van der Waals surface area contributed by atoms with Gasteiger partial charge >= 0.3 is 0 Å². The van der Waals surface area contributed by atoms with E-state index in [1.807, 2.05) is 6.26 Å². The van der Waals surface area contributed by atoms with Gasteiger partial charge in [0.1, 0.15) is 6.61 Å². The maximum absolute atomic E-state index is 12.3. The molecular weight excluding hydrogens is 320 g/mol. The van der Waals surface area contributed by atoms with E-state index < -0.39 is 0 Å². The van der Waals surface area contributed by atoms with Gasteiger partial charge in [0.15, 0.2) is 5.82 Å². The minimum atomic E-state index is -0.210. The van der Waals surface area contributed by atoms with Crippen LogP contribution in [0.5, 0.6) is 0 Å². The van der Waals surface area contributed by atoms with Gasteiger partial charge in [-0.25, -0.2) is 0 Å². The fraction of sp³-hybridized carbons (Fsp3) is 0.714. The number of rotatable bonds is 7. The second kappa shape index (κ2) is 8.88. The predicted octanol–water partition coefficient (Wildman–Crippen LogP) is 0.434. The Kier molecular flexibility index (Phi) is 6.85. The number of nitrogens with one attached hydrogen (secondary N) is 1. The fourth-order valence-corrected chi connectivity index (χ4v) is 2.86. The molecule has 1 aromatic rings. The van der Waals surface area contributed by atoms with E-state index in [0.29, 0.717) is 30.6 Å². The maximum atomic E-state index is 12.3. The molecule has 1 saturated heterocycles. The summed E-state index contributed by atoms with van der Waals surface area (Å²) >= 11 is 1.60. The van der Waals surface area contributed by atoms with Crippen LogP contribution >= 0.6 is 11.8 Å². The summed E-state index contributed by atoms with van der Waals surface area (Å²) < 4.78 is 9.93. The van der Waals surface area contributed by atoms with Crippen LogP contribution in [-0.2, 0) is 26.6 Å². The normalized spacial score (nSPS) is 18.0. The highest BCUT2D eigenvalue weighted by atomic mass is 32.2. The summed E-state index contributed by atoms with van der Waals surface area (Å²) in [6.45, 7) is 1.36. The molecule has 1 unspecified atom stereocenters. The summed E-state index contributed by atoms with van der Waals surface area (Å²) in [6.07, 6.45) is 3.54. The summed E-state index contributed by atoms with van der Waals surface area (Å²) in [6, 6.07) is 0. The number of amides is 2. The molecule has 1 aromatic heterocycles. The smallest absolute Gasteiger partial charge is 0.248 e. The van der Waals surface area contributed by atoms with Crippen molar-refractivity contribution in [3.05, 3.63) is 11.7 Å². The number of thioether (sulfide) groups is 1. The number of ether oxygens (including phenoxy) is 1. The Morgan fingerprint density at radius 1 is 1.52 bits per heavy atom. The zero-order valence-corrected chi connectivity index (χ0v) is 14.2. The summed E-state index contributed by atoms with van der Waals surface area (Å²) in [5, 5.41) is 6.63. The van der Waals surface area contributed by atoms with Crippen LogP contribution in [0.15, 0.2) is 4.52 Å². The molecule has 128 valence electrons. The van der Waals surface area contributed by atoms with Crippen LogP contribution in [0.2, 0.25) is 0 Å². The number of carbonyl (C=O) groups excluding carboxylic acids is 2. The first-order valence-corrected chi connectivity index (χ1v) is 8.88. The molecule has 0 bridgehead atoms. The van der Waals surface area contributed by atoms with E-state index in [9.17, 15) is 9.59 Å². The SMILES string of the molecule is COCC(=O)N1CCCC(C(=O)NCc2nc(CSC)no2)C1. The third-order valence-corrected chi connectivity index (χ3v) is 4.16. The molecule has 1 N–H and O–H groups in total. The highest BCUT2D eigenvalue weighted by Crippen LogP contribution is 2.17. The number of nitrogens with zero attached hydrogens (tertiary/aromatic N) is 3. The lowest BCUT2D eigenvalue weighted by atomic mass is 9.97. The molecule has 2 heterocycles. The van der Waals surface area contributed by atoms with E-state index in [4.69, 9.17) is 9.26 Å². The molecule has 1 atom stereocenters. The molecule has 0 aromatic carbocycles. The number of hydrogen-bond donors (Lipinski definition) is 1. The lowest BCUT2D eigenvalue weighted by molar-refractivity contribution is -0.139. The summed E-state index contributed by atoms with van der Waals surface area (Å²) in [4.78, 5) is 30.0. The average Bonchev–Trinajstić information content (AvgIpc) is 3.01. The van der Waals surface area contributed by atoms with Crippen molar-refractivity contribution in [1.82, 2.24) is 20.4 Å². The van der Waals surface area contributed by atoms with Crippen molar-refractivity contribution in [3.8, 4) is 0 Å². The number of carbonyl (C=O) groups is 2. The standard InChI is InChI=1S/C14H22N4O4S/c1-21-8-13(19)18-5-3-4-10(7-18)14(20)15-6-12-16-11(9-23-2)17-22-12/h10H,3-9H2,1-2H3,(H,15,20). The minimum absolute atomic E-state index is 0.0501. The topological polar surface area (TPSA) is 97.6 Å². The zero-order chi connectivity index (χ0) is 16.7. The number of likely N-dealkylation sites (tertiary alicyclic amines) is 1. The van der Waals surface area contributed by atoms with Gasteiger partial charge in [-0.2, -0.15) is 16.7 Å². The lowest BCUT2D eigenvalue weighted by Crippen LogP contribution is -2.46. The highest BCUT2D eigenvalue weighted by Gasteiger charge is 2.28. The molecular formula is C14H22N4O4S. The van der Waals surface area contributed by atoms with Gasteiger partial charge in [-0.05, 0) is 19.1 Å². The van der Waals surface area contributed by atoms with Gasteiger partial charge in [-0.3, -0.25) is 9.59 Å². The Morgan fingerprint density at radius 2 is 2.35 bits per heavy atom. The van der Waals surface area contributed by atoms with Gasteiger partial charge in [0, 0.05) is 20.2 Å². The molecule has 0 radical (unpaired) electrons. The molecule has 0 spiro atoms. The molecule has 1 aliphatic heterocycles. The van der Waals surface area contributed by atoms with E-state index >= 15 is 0 Å². The van der Waals surface area contributed by atoms with Gasteiger partial charge in [-0.15, -0.1) is 0 Å². The van der Waals surface area contributed by atoms with Crippen LogP contribution in [0, 0.1) is 5.92 Å². The van der Waals surface area contributed by atoms with Crippen molar-refractivity contribution >= 4 is 23.6 Å². The van der Waals surface area contributed by atoms with Crippen LogP contribution in [0.4, 0.5) is 0 Å². The van der Waals surface area contributed by atoms with Gasteiger partial charge < -0.3 is 19.5 Å². The maximum Gasteiger partial charge on any atom is 0.248 e. The predicted molar refractivity (Wildman–Crippen MR) is 84.5 cm³/mol. The minimum Gasteiger partial charge on any atom is -0.375 e. The molecule has 0 saturated carbocycles. The molecule has 23 heavy (non-hydrogen) atoms. The Bertz CT molecular complexity index is 537. The summed E-state index contributed by atoms with van der Waals surface area (Å²) in [5.74, 6) is 1.31. The molecule has 0 aliphatic carbocycles. The third kappa shape index (κ3) is 5.21. The van der Waals surface area contributed by atoms with Crippen molar-refractivity contribution in [3.63, 3.8) is 0 Å². The number of piperidine rings is 1. The van der Waals surface area contributed by atoms with Gasteiger partial charge in [-0.1, -0.05) is 5.16 Å². The van der Waals surface area contributed by atoms with Crippen molar-refractivity contribution in [2.24, 2.45) is 5.92 Å². The molecule has 2 rings (SSSR count). The largest absolute Gasteiger partial charge is 0.375 e. The Balaban J connectivity index is 1.81. The molecule has 1 fully saturated rings. The Morgan fingerprint density at radius 3 is 3.09 bits per heavy atom.